The highest BCUT2D eigenvalue weighted by Gasteiger charge is 1.96. The van der Waals surface area contributed by atoms with Gasteiger partial charge in [0.25, 0.3) is 0 Å². The Hall–Kier alpha value is -1.31. The Kier molecular flexibility index (Phi) is 18.7. The smallest absolute Gasteiger partial charge is 0.303 e. The lowest BCUT2D eigenvalue weighted by Gasteiger charge is -2.02. The minimum absolute atomic E-state index is 0.335. The highest BCUT2D eigenvalue weighted by atomic mass is 16.4. The second-order valence-electron chi connectivity index (χ2n) is 6.52. The molecule has 1 N–H and O–H groups in total. The van der Waals surface area contributed by atoms with Crippen molar-refractivity contribution < 1.29 is 9.90 Å². The minimum atomic E-state index is -0.661. The van der Waals surface area contributed by atoms with Crippen LogP contribution in [-0.4, -0.2) is 11.1 Å². The van der Waals surface area contributed by atoms with Crippen molar-refractivity contribution in [2.45, 2.75) is 96.3 Å². The molecule has 0 bridgehead atoms. The Balaban J connectivity index is 3.11. The molecule has 0 amide bonds. The van der Waals surface area contributed by atoms with Crippen LogP contribution in [0.15, 0.2) is 37.0 Å². The van der Waals surface area contributed by atoms with Crippen molar-refractivity contribution in [1.29, 1.82) is 0 Å². The molecule has 0 saturated heterocycles. The molecular weight excluding hydrogens is 296 g/mol. The van der Waals surface area contributed by atoms with E-state index in [-0.39, 0.29) is 0 Å². The average molecular weight is 335 g/mol. The molecule has 0 fully saturated rings. The Morgan fingerprint density at radius 2 is 1.12 bits per heavy atom. The molecule has 0 aliphatic rings. The van der Waals surface area contributed by atoms with Crippen LogP contribution in [0.3, 0.4) is 0 Å². The molecule has 2 heteroatoms. The van der Waals surface area contributed by atoms with E-state index in [0.29, 0.717) is 6.42 Å². The molecular formula is C22H38O2. The van der Waals surface area contributed by atoms with Gasteiger partial charge in [-0.2, -0.15) is 0 Å². The van der Waals surface area contributed by atoms with Crippen molar-refractivity contribution in [1.82, 2.24) is 0 Å². The van der Waals surface area contributed by atoms with Gasteiger partial charge in [0.1, 0.15) is 0 Å². The Labute approximate surface area is 149 Å². The number of carboxylic acids is 1. The van der Waals surface area contributed by atoms with Gasteiger partial charge in [0, 0.05) is 6.42 Å². The molecule has 0 rings (SSSR count). The third-order valence-electron chi connectivity index (χ3n) is 4.17. The molecule has 0 aliphatic heterocycles. The molecule has 0 aliphatic carbocycles. The van der Waals surface area contributed by atoms with E-state index >= 15 is 0 Å². The van der Waals surface area contributed by atoms with Crippen LogP contribution in [0.4, 0.5) is 0 Å². The fraction of sp³-hybridized carbons (Fsp3) is 0.682. The van der Waals surface area contributed by atoms with Crippen molar-refractivity contribution in [2.24, 2.45) is 0 Å². The van der Waals surface area contributed by atoms with E-state index in [0.717, 1.165) is 25.7 Å². The molecule has 0 aromatic rings. The normalized spacial score (nSPS) is 11.5. The Bertz CT molecular complexity index is 342. The maximum absolute atomic E-state index is 10.4. The minimum Gasteiger partial charge on any atom is -0.481 e. The predicted molar refractivity (Wildman–Crippen MR) is 105 cm³/mol. The summed E-state index contributed by atoms with van der Waals surface area (Å²) in [4.78, 5) is 10.4. The topological polar surface area (TPSA) is 37.3 Å². The largest absolute Gasteiger partial charge is 0.481 e. The molecule has 2 nitrogen and oxygen atoms in total. The van der Waals surface area contributed by atoms with Crippen LogP contribution in [0.2, 0.25) is 0 Å². The van der Waals surface area contributed by atoms with Gasteiger partial charge in [-0.05, 0) is 32.1 Å². The van der Waals surface area contributed by atoms with Gasteiger partial charge in [0.2, 0.25) is 0 Å². The summed E-state index contributed by atoms with van der Waals surface area (Å²) in [6.07, 6.45) is 28.2. The van der Waals surface area contributed by atoms with Crippen molar-refractivity contribution in [3.63, 3.8) is 0 Å². The van der Waals surface area contributed by atoms with Gasteiger partial charge in [0.05, 0.1) is 0 Å². The number of allylic oxidation sites excluding steroid dienone is 5. The van der Waals surface area contributed by atoms with Gasteiger partial charge in [0.15, 0.2) is 0 Å². The molecule has 0 atom stereocenters. The molecule has 0 heterocycles. The van der Waals surface area contributed by atoms with Crippen molar-refractivity contribution in [2.75, 3.05) is 0 Å². The summed E-state index contributed by atoms with van der Waals surface area (Å²) in [6, 6.07) is 0. The molecule has 0 saturated carbocycles. The highest BCUT2D eigenvalue weighted by molar-refractivity contribution is 5.66. The van der Waals surface area contributed by atoms with E-state index in [2.05, 4.69) is 30.9 Å². The summed E-state index contributed by atoms with van der Waals surface area (Å²) in [6.45, 7) is 3.69. The summed E-state index contributed by atoms with van der Waals surface area (Å²) in [5.74, 6) is -0.661. The fourth-order valence-corrected chi connectivity index (χ4v) is 2.71. The maximum Gasteiger partial charge on any atom is 0.303 e. The Morgan fingerprint density at radius 3 is 1.67 bits per heavy atom. The van der Waals surface area contributed by atoms with Crippen LogP contribution in [0.5, 0.6) is 0 Å². The van der Waals surface area contributed by atoms with E-state index < -0.39 is 5.97 Å². The molecule has 0 unspecified atom stereocenters. The van der Waals surface area contributed by atoms with Crippen molar-refractivity contribution in [3.05, 3.63) is 37.0 Å². The highest BCUT2D eigenvalue weighted by Crippen LogP contribution is 2.12. The summed E-state index contributed by atoms with van der Waals surface area (Å²) < 4.78 is 0. The molecule has 0 spiro atoms. The van der Waals surface area contributed by atoms with E-state index in [1.54, 1.807) is 0 Å². The SMILES string of the molecule is C=CCC=CCC=CCCCCCCCCCCCCCC(=O)O. The summed E-state index contributed by atoms with van der Waals surface area (Å²) in [7, 11) is 0. The van der Waals surface area contributed by atoms with E-state index in [1.807, 2.05) is 6.08 Å². The van der Waals surface area contributed by atoms with Crippen molar-refractivity contribution in [3.8, 4) is 0 Å². The number of unbranched alkanes of at least 4 members (excludes halogenated alkanes) is 11. The lowest BCUT2D eigenvalue weighted by Crippen LogP contribution is -1.93. The van der Waals surface area contributed by atoms with Crippen LogP contribution in [0.25, 0.3) is 0 Å². The van der Waals surface area contributed by atoms with Crippen LogP contribution in [0, 0.1) is 0 Å². The first-order valence-corrected chi connectivity index (χ1v) is 9.90. The van der Waals surface area contributed by atoms with E-state index in [1.165, 1.54) is 64.2 Å². The molecule has 0 aromatic heterocycles. The molecule has 138 valence electrons. The summed E-state index contributed by atoms with van der Waals surface area (Å²) in [5.41, 5.74) is 0. The van der Waals surface area contributed by atoms with Gasteiger partial charge in [-0.3, -0.25) is 4.79 Å². The quantitative estimate of drug-likeness (QED) is 0.212. The number of rotatable bonds is 18. The first-order chi connectivity index (χ1) is 11.8. The van der Waals surface area contributed by atoms with E-state index in [9.17, 15) is 4.79 Å². The third-order valence-corrected chi connectivity index (χ3v) is 4.17. The monoisotopic (exact) mass is 334 g/mol. The second-order valence-corrected chi connectivity index (χ2v) is 6.52. The molecule has 24 heavy (non-hydrogen) atoms. The number of hydrogen-bond acceptors (Lipinski definition) is 1. The zero-order chi connectivity index (χ0) is 17.7. The standard InChI is InChI=1S/C22H38O2/c1-2-3-4-5-6-7-8-9-10-11-12-13-14-15-16-17-18-19-20-21-22(23)24/h2,4-5,7-8H,1,3,6,9-21H2,(H,23,24). The van der Waals surface area contributed by atoms with Gasteiger partial charge >= 0.3 is 5.97 Å². The van der Waals surface area contributed by atoms with Crippen LogP contribution in [-0.2, 0) is 4.79 Å². The van der Waals surface area contributed by atoms with Gasteiger partial charge in [-0.25, -0.2) is 0 Å². The molecule has 0 radical (unpaired) electrons. The summed E-state index contributed by atoms with van der Waals surface area (Å²) in [5, 5.41) is 8.55. The predicted octanol–water partition coefficient (Wildman–Crippen LogP) is 7.22. The number of aliphatic carboxylic acids is 1. The zero-order valence-electron chi connectivity index (χ0n) is 15.6. The van der Waals surface area contributed by atoms with Crippen molar-refractivity contribution >= 4 is 5.97 Å². The van der Waals surface area contributed by atoms with Gasteiger partial charge in [-0.15, -0.1) is 6.58 Å². The number of carboxylic acid groups (broad SMARTS) is 1. The third kappa shape index (κ3) is 20.7. The van der Waals surface area contributed by atoms with Crippen LogP contribution >= 0.6 is 0 Å². The van der Waals surface area contributed by atoms with Crippen LogP contribution < -0.4 is 0 Å². The Morgan fingerprint density at radius 1 is 0.667 bits per heavy atom. The fourth-order valence-electron chi connectivity index (χ4n) is 2.71. The first kappa shape index (κ1) is 22.7. The number of hydrogen-bond donors (Lipinski definition) is 1. The first-order valence-electron chi connectivity index (χ1n) is 9.90. The van der Waals surface area contributed by atoms with Gasteiger partial charge < -0.3 is 5.11 Å². The second kappa shape index (κ2) is 19.7. The summed E-state index contributed by atoms with van der Waals surface area (Å²) >= 11 is 0. The van der Waals surface area contributed by atoms with E-state index in [4.69, 9.17) is 5.11 Å². The van der Waals surface area contributed by atoms with Crippen LogP contribution in [0.1, 0.15) is 96.3 Å². The average Bonchev–Trinajstić information content (AvgIpc) is 2.56. The zero-order valence-corrected chi connectivity index (χ0v) is 15.6. The lowest BCUT2D eigenvalue weighted by molar-refractivity contribution is -0.137. The lowest BCUT2D eigenvalue weighted by atomic mass is 10.0. The number of carbonyl (C=O) groups is 1. The van der Waals surface area contributed by atoms with Gasteiger partial charge in [-0.1, -0.05) is 88.2 Å². The molecule has 0 aromatic carbocycles. The maximum atomic E-state index is 10.4.